The summed E-state index contributed by atoms with van der Waals surface area (Å²) in [6, 6.07) is 1.71. The van der Waals surface area contributed by atoms with Gasteiger partial charge in [-0.05, 0) is 31.2 Å². The van der Waals surface area contributed by atoms with Crippen LogP contribution in [0.3, 0.4) is 0 Å². The summed E-state index contributed by atoms with van der Waals surface area (Å²) < 4.78 is 0. The van der Waals surface area contributed by atoms with Crippen molar-refractivity contribution in [2.24, 2.45) is 11.3 Å². The zero-order chi connectivity index (χ0) is 13.3. The number of piperidine rings is 1. The van der Waals surface area contributed by atoms with E-state index in [2.05, 4.69) is 14.9 Å². The van der Waals surface area contributed by atoms with Gasteiger partial charge < -0.3 is 15.7 Å². The van der Waals surface area contributed by atoms with E-state index in [9.17, 15) is 5.11 Å². The number of nitrogens with zero attached hydrogens (tertiary/aromatic N) is 3. The van der Waals surface area contributed by atoms with Crippen molar-refractivity contribution in [2.75, 3.05) is 30.3 Å². The van der Waals surface area contributed by atoms with Crippen molar-refractivity contribution in [3.8, 4) is 0 Å². The Morgan fingerprint density at radius 3 is 3.00 bits per heavy atom. The molecule has 2 aliphatic rings. The van der Waals surface area contributed by atoms with E-state index in [0.29, 0.717) is 11.8 Å². The SMILES string of the molecule is Nc1ccnc(N2CCCC(CO)(CC3CC3)C2)n1. The predicted octanol–water partition coefficient (Wildman–Crippen LogP) is 1.44. The summed E-state index contributed by atoms with van der Waals surface area (Å²) >= 11 is 0. The van der Waals surface area contributed by atoms with Crippen molar-refractivity contribution in [3.63, 3.8) is 0 Å². The van der Waals surface area contributed by atoms with E-state index < -0.39 is 0 Å². The molecular weight excluding hydrogens is 240 g/mol. The summed E-state index contributed by atoms with van der Waals surface area (Å²) in [6.45, 7) is 2.07. The van der Waals surface area contributed by atoms with Gasteiger partial charge in [-0.3, -0.25) is 0 Å². The minimum absolute atomic E-state index is 0.0351. The quantitative estimate of drug-likeness (QED) is 0.858. The molecule has 2 fully saturated rings. The average molecular weight is 262 g/mol. The predicted molar refractivity (Wildman–Crippen MR) is 74.8 cm³/mol. The Bertz CT molecular complexity index is 449. The highest BCUT2D eigenvalue weighted by Gasteiger charge is 2.40. The monoisotopic (exact) mass is 262 g/mol. The highest BCUT2D eigenvalue weighted by atomic mass is 16.3. The number of hydrogen-bond donors (Lipinski definition) is 2. The molecule has 0 radical (unpaired) electrons. The van der Waals surface area contributed by atoms with Gasteiger partial charge in [-0.1, -0.05) is 12.8 Å². The number of nitrogens with two attached hydrogens (primary N) is 1. The first-order valence-electron chi connectivity index (χ1n) is 7.15. The summed E-state index contributed by atoms with van der Waals surface area (Å²) in [5.74, 6) is 2.04. The molecule has 0 amide bonds. The summed E-state index contributed by atoms with van der Waals surface area (Å²) in [7, 11) is 0. The normalized spacial score (nSPS) is 27.5. The molecule has 1 aliphatic heterocycles. The molecule has 1 atom stereocenters. The molecule has 0 spiro atoms. The highest BCUT2D eigenvalue weighted by Crippen LogP contribution is 2.44. The van der Waals surface area contributed by atoms with Gasteiger partial charge in [-0.15, -0.1) is 0 Å². The number of hydrogen-bond acceptors (Lipinski definition) is 5. The summed E-state index contributed by atoms with van der Waals surface area (Å²) in [5, 5.41) is 9.85. The molecule has 1 aromatic rings. The van der Waals surface area contributed by atoms with Crippen LogP contribution in [0.4, 0.5) is 11.8 Å². The first kappa shape index (κ1) is 12.7. The number of aliphatic hydroxyl groups excluding tert-OH is 1. The van der Waals surface area contributed by atoms with Crippen molar-refractivity contribution in [2.45, 2.75) is 32.1 Å². The van der Waals surface area contributed by atoms with E-state index in [1.54, 1.807) is 12.3 Å². The van der Waals surface area contributed by atoms with Crippen LogP contribution in [0.5, 0.6) is 0 Å². The second-order valence-corrected chi connectivity index (χ2v) is 6.11. The number of rotatable bonds is 4. The van der Waals surface area contributed by atoms with E-state index in [1.807, 2.05) is 0 Å². The maximum absolute atomic E-state index is 9.85. The van der Waals surface area contributed by atoms with Crippen LogP contribution in [-0.4, -0.2) is 34.8 Å². The number of aliphatic hydroxyl groups is 1. The zero-order valence-corrected chi connectivity index (χ0v) is 11.3. The Labute approximate surface area is 113 Å². The smallest absolute Gasteiger partial charge is 0.227 e. The lowest BCUT2D eigenvalue weighted by molar-refractivity contribution is 0.0899. The minimum Gasteiger partial charge on any atom is -0.396 e. The van der Waals surface area contributed by atoms with E-state index in [1.165, 1.54) is 12.8 Å². The average Bonchev–Trinajstić information content (AvgIpc) is 3.23. The Hall–Kier alpha value is -1.36. The van der Waals surface area contributed by atoms with Gasteiger partial charge in [0.2, 0.25) is 5.95 Å². The molecule has 1 saturated carbocycles. The van der Waals surface area contributed by atoms with Crippen LogP contribution in [0, 0.1) is 11.3 Å². The van der Waals surface area contributed by atoms with Crippen molar-refractivity contribution < 1.29 is 5.11 Å². The molecule has 5 nitrogen and oxygen atoms in total. The first-order valence-corrected chi connectivity index (χ1v) is 7.15. The van der Waals surface area contributed by atoms with Crippen LogP contribution >= 0.6 is 0 Å². The number of nitrogen functional groups attached to an aromatic ring is 1. The van der Waals surface area contributed by atoms with Gasteiger partial charge in [0.1, 0.15) is 5.82 Å². The molecule has 3 rings (SSSR count). The van der Waals surface area contributed by atoms with Crippen LogP contribution in [0.15, 0.2) is 12.3 Å². The van der Waals surface area contributed by atoms with E-state index in [4.69, 9.17) is 5.73 Å². The molecule has 5 heteroatoms. The summed E-state index contributed by atoms with van der Waals surface area (Å²) in [4.78, 5) is 10.8. The van der Waals surface area contributed by atoms with Crippen LogP contribution in [0.2, 0.25) is 0 Å². The van der Waals surface area contributed by atoms with Gasteiger partial charge >= 0.3 is 0 Å². The zero-order valence-electron chi connectivity index (χ0n) is 11.3. The molecule has 3 N–H and O–H groups in total. The number of anilines is 2. The van der Waals surface area contributed by atoms with E-state index in [0.717, 1.165) is 38.3 Å². The van der Waals surface area contributed by atoms with Gasteiger partial charge in [-0.25, -0.2) is 4.98 Å². The van der Waals surface area contributed by atoms with E-state index in [-0.39, 0.29) is 12.0 Å². The molecule has 1 saturated heterocycles. The third kappa shape index (κ3) is 2.81. The molecule has 1 aromatic heterocycles. The van der Waals surface area contributed by atoms with Crippen molar-refractivity contribution in [3.05, 3.63) is 12.3 Å². The Balaban J connectivity index is 1.75. The van der Waals surface area contributed by atoms with Crippen molar-refractivity contribution in [1.29, 1.82) is 0 Å². The fraction of sp³-hybridized carbons (Fsp3) is 0.714. The lowest BCUT2D eigenvalue weighted by Crippen LogP contribution is -2.46. The van der Waals surface area contributed by atoms with Gasteiger partial charge in [-0.2, -0.15) is 4.98 Å². The Morgan fingerprint density at radius 2 is 2.32 bits per heavy atom. The molecule has 1 aliphatic carbocycles. The summed E-state index contributed by atoms with van der Waals surface area (Å²) in [6.07, 6.45) is 7.70. The second kappa shape index (κ2) is 4.96. The van der Waals surface area contributed by atoms with Crippen LogP contribution in [0.1, 0.15) is 32.1 Å². The largest absolute Gasteiger partial charge is 0.396 e. The van der Waals surface area contributed by atoms with Crippen molar-refractivity contribution >= 4 is 11.8 Å². The lowest BCUT2D eigenvalue weighted by atomic mass is 9.76. The highest BCUT2D eigenvalue weighted by molar-refractivity contribution is 5.38. The maximum Gasteiger partial charge on any atom is 0.227 e. The third-order valence-electron chi connectivity index (χ3n) is 4.36. The van der Waals surface area contributed by atoms with Gasteiger partial charge in [0, 0.05) is 24.7 Å². The molecule has 19 heavy (non-hydrogen) atoms. The Morgan fingerprint density at radius 1 is 1.47 bits per heavy atom. The lowest BCUT2D eigenvalue weighted by Gasteiger charge is -2.42. The number of aromatic nitrogens is 2. The van der Waals surface area contributed by atoms with Gasteiger partial charge in [0.05, 0.1) is 6.61 Å². The molecular formula is C14H22N4O. The van der Waals surface area contributed by atoms with Crippen LogP contribution in [0.25, 0.3) is 0 Å². The minimum atomic E-state index is 0.0351. The Kier molecular flexibility index (Phi) is 3.31. The topological polar surface area (TPSA) is 75.3 Å². The van der Waals surface area contributed by atoms with E-state index >= 15 is 0 Å². The van der Waals surface area contributed by atoms with Gasteiger partial charge in [0.25, 0.3) is 0 Å². The first-order chi connectivity index (χ1) is 9.21. The fourth-order valence-corrected chi connectivity index (χ4v) is 3.19. The summed E-state index contributed by atoms with van der Waals surface area (Å²) in [5.41, 5.74) is 5.76. The standard InChI is InChI=1S/C14H22N4O/c15-12-4-6-16-13(17-12)18-7-1-5-14(9-18,10-19)8-11-2-3-11/h4,6,11,19H,1-3,5,7-10H2,(H2,15,16,17). The van der Waals surface area contributed by atoms with Crippen molar-refractivity contribution in [1.82, 2.24) is 9.97 Å². The molecule has 0 aromatic carbocycles. The van der Waals surface area contributed by atoms with Crippen LogP contribution in [-0.2, 0) is 0 Å². The molecule has 1 unspecified atom stereocenters. The molecule has 0 bridgehead atoms. The maximum atomic E-state index is 9.85. The van der Waals surface area contributed by atoms with Crippen LogP contribution < -0.4 is 10.6 Å². The third-order valence-corrected chi connectivity index (χ3v) is 4.36. The molecule has 2 heterocycles. The molecule has 104 valence electrons. The fourth-order valence-electron chi connectivity index (χ4n) is 3.19. The second-order valence-electron chi connectivity index (χ2n) is 6.11. The van der Waals surface area contributed by atoms with Gasteiger partial charge in [0.15, 0.2) is 0 Å².